The van der Waals surface area contributed by atoms with Gasteiger partial charge in [0.15, 0.2) is 0 Å². The highest BCUT2D eigenvalue weighted by molar-refractivity contribution is 5.70. The second-order valence-electron chi connectivity index (χ2n) is 5.94. The van der Waals surface area contributed by atoms with Crippen molar-refractivity contribution >= 4 is 11.9 Å². The minimum absolute atomic E-state index is 0.176. The molecule has 1 unspecified atom stereocenters. The van der Waals surface area contributed by atoms with Gasteiger partial charge < -0.3 is 10.2 Å². The molecule has 0 fully saturated rings. The number of carboxylic acids is 2. The topological polar surface area (TPSA) is 74.6 Å². The van der Waals surface area contributed by atoms with Crippen LogP contribution in [-0.4, -0.2) is 22.2 Å². The summed E-state index contributed by atoms with van der Waals surface area (Å²) in [6.45, 7) is 2.20. The van der Waals surface area contributed by atoms with Crippen LogP contribution in [0.25, 0.3) is 0 Å². The number of aliphatic carboxylic acids is 2. The number of unbranched alkanes of at least 4 members (excludes halogenated alkanes) is 7. The second kappa shape index (κ2) is 14.6. The lowest BCUT2D eigenvalue weighted by Crippen LogP contribution is -2.12. The van der Waals surface area contributed by atoms with E-state index in [1.807, 2.05) is 6.08 Å². The van der Waals surface area contributed by atoms with Crippen LogP contribution in [0.15, 0.2) is 12.2 Å². The maximum atomic E-state index is 11.2. The first-order valence-corrected chi connectivity index (χ1v) is 8.67. The zero-order valence-electron chi connectivity index (χ0n) is 13.9. The van der Waals surface area contributed by atoms with E-state index in [4.69, 9.17) is 5.11 Å². The highest BCUT2D eigenvalue weighted by Gasteiger charge is 2.15. The molecule has 0 saturated heterocycles. The monoisotopic (exact) mass is 312 g/mol. The molecule has 0 aliphatic carbocycles. The zero-order chi connectivity index (χ0) is 16.6. The molecular formula is C18H32O4. The molecule has 0 rings (SSSR count). The number of hydrogen-bond donors (Lipinski definition) is 2. The van der Waals surface area contributed by atoms with Crippen molar-refractivity contribution in [3.05, 3.63) is 12.2 Å². The summed E-state index contributed by atoms with van der Waals surface area (Å²) in [6.07, 6.45) is 15.0. The highest BCUT2D eigenvalue weighted by atomic mass is 16.4. The lowest BCUT2D eigenvalue weighted by molar-refractivity contribution is -0.142. The summed E-state index contributed by atoms with van der Waals surface area (Å²) in [5, 5.41) is 17.7. The molecule has 0 bridgehead atoms. The second-order valence-corrected chi connectivity index (χ2v) is 5.94. The van der Waals surface area contributed by atoms with Crippen molar-refractivity contribution in [2.45, 2.75) is 84.0 Å². The minimum Gasteiger partial charge on any atom is -0.481 e. The predicted molar refractivity (Wildman–Crippen MR) is 89.0 cm³/mol. The van der Waals surface area contributed by atoms with E-state index in [0.29, 0.717) is 19.3 Å². The maximum Gasteiger partial charge on any atom is 0.306 e. The minimum atomic E-state index is -0.781. The van der Waals surface area contributed by atoms with Gasteiger partial charge >= 0.3 is 11.9 Å². The van der Waals surface area contributed by atoms with Crippen molar-refractivity contribution in [2.24, 2.45) is 5.92 Å². The molecular weight excluding hydrogens is 280 g/mol. The Morgan fingerprint density at radius 3 is 2.23 bits per heavy atom. The van der Waals surface area contributed by atoms with Crippen LogP contribution < -0.4 is 0 Å². The largest absolute Gasteiger partial charge is 0.481 e. The van der Waals surface area contributed by atoms with Crippen molar-refractivity contribution in [3.8, 4) is 0 Å². The predicted octanol–water partition coefficient (Wildman–Crippen LogP) is 5.03. The number of carboxylic acid groups (broad SMARTS) is 2. The summed E-state index contributed by atoms with van der Waals surface area (Å²) in [4.78, 5) is 21.6. The number of carbonyl (C=O) groups is 2. The molecule has 4 heteroatoms. The average molecular weight is 312 g/mol. The fourth-order valence-electron chi connectivity index (χ4n) is 2.43. The first kappa shape index (κ1) is 20.7. The van der Waals surface area contributed by atoms with Crippen molar-refractivity contribution in [1.82, 2.24) is 0 Å². The van der Waals surface area contributed by atoms with Crippen LogP contribution in [-0.2, 0) is 9.59 Å². The Hall–Kier alpha value is -1.32. The van der Waals surface area contributed by atoms with Gasteiger partial charge in [-0.25, -0.2) is 0 Å². The van der Waals surface area contributed by atoms with E-state index < -0.39 is 11.9 Å². The van der Waals surface area contributed by atoms with Crippen molar-refractivity contribution in [2.75, 3.05) is 0 Å². The smallest absolute Gasteiger partial charge is 0.306 e. The third-order valence-corrected chi connectivity index (χ3v) is 3.85. The molecule has 0 aromatic carbocycles. The average Bonchev–Trinajstić information content (AvgIpc) is 2.46. The molecule has 128 valence electrons. The lowest BCUT2D eigenvalue weighted by Gasteiger charge is -2.09. The summed E-state index contributed by atoms with van der Waals surface area (Å²) in [7, 11) is 0. The number of rotatable bonds is 15. The Balaban J connectivity index is 3.71. The SMILES string of the molecule is CCCCCCC/C=C/CC(CCCCCC(=O)O)C(=O)O. The maximum absolute atomic E-state index is 11.2. The van der Waals surface area contributed by atoms with Crippen LogP contribution in [0.4, 0.5) is 0 Å². The van der Waals surface area contributed by atoms with E-state index in [1.54, 1.807) is 0 Å². The van der Waals surface area contributed by atoms with Gasteiger partial charge in [0.1, 0.15) is 0 Å². The summed E-state index contributed by atoms with van der Waals surface area (Å²) < 4.78 is 0. The highest BCUT2D eigenvalue weighted by Crippen LogP contribution is 2.16. The van der Waals surface area contributed by atoms with E-state index in [2.05, 4.69) is 13.0 Å². The fourth-order valence-corrected chi connectivity index (χ4v) is 2.43. The molecule has 22 heavy (non-hydrogen) atoms. The zero-order valence-corrected chi connectivity index (χ0v) is 13.9. The summed E-state index contributed by atoms with van der Waals surface area (Å²) in [5.41, 5.74) is 0. The molecule has 0 aromatic heterocycles. The third-order valence-electron chi connectivity index (χ3n) is 3.85. The van der Waals surface area contributed by atoms with Crippen molar-refractivity contribution in [1.29, 1.82) is 0 Å². The van der Waals surface area contributed by atoms with Crippen LogP contribution in [0, 0.1) is 5.92 Å². The van der Waals surface area contributed by atoms with Gasteiger partial charge in [-0.2, -0.15) is 0 Å². The van der Waals surface area contributed by atoms with Crippen LogP contribution in [0.3, 0.4) is 0 Å². The van der Waals surface area contributed by atoms with Gasteiger partial charge in [0.05, 0.1) is 5.92 Å². The Morgan fingerprint density at radius 2 is 1.59 bits per heavy atom. The van der Waals surface area contributed by atoms with Crippen molar-refractivity contribution < 1.29 is 19.8 Å². The van der Waals surface area contributed by atoms with Crippen LogP contribution >= 0.6 is 0 Å². The molecule has 0 aliphatic rings. The Bertz CT molecular complexity index is 323. The Morgan fingerprint density at radius 1 is 0.909 bits per heavy atom. The molecule has 0 saturated carbocycles. The van der Waals surface area contributed by atoms with Crippen molar-refractivity contribution in [3.63, 3.8) is 0 Å². The lowest BCUT2D eigenvalue weighted by atomic mass is 9.97. The summed E-state index contributed by atoms with van der Waals surface area (Å²) >= 11 is 0. The standard InChI is InChI=1S/C18H32O4/c1-2-3-4-5-6-7-8-10-13-16(18(21)22)14-11-9-12-15-17(19)20/h8,10,16H,2-7,9,11-15H2,1H3,(H,19,20)(H,21,22)/b10-8+. The number of allylic oxidation sites excluding steroid dienone is 2. The fraction of sp³-hybridized carbons (Fsp3) is 0.778. The van der Waals surface area contributed by atoms with Gasteiger partial charge in [-0.05, 0) is 32.1 Å². The molecule has 4 nitrogen and oxygen atoms in total. The van der Waals surface area contributed by atoms with Crippen LogP contribution in [0.2, 0.25) is 0 Å². The normalized spacial score (nSPS) is 12.6. The summed E-state index contributed by atoms with van der Waals surface area (Å²) in [6, 6.07) is 0. The van der Waals surface area contributed by atoms with Gasteiger partial charge in [0.2, 0.25) is 0 Å². The third kappa shape index (κ3) is 13.7. The van der Waals surface area contributed by atoms with Gasteiger partial charge in [-0.15, -0.1) is 0 Å². The molecule has 0 radical (unpaired) electrons. The van der Waals surface area contributed by atoms with Gasteiger partial charge in [0, 0.05) is 6.42 Å². The Labute approximate surface area is 134 Å². The van der Waals surface area contributed by atoms with E-state index >= 15 is 0 Å². The van der Waals surface area contributed by atoms with Gasteiger partial charge in [-0.1, -0.05) is 57.6 Å². The van der Waals surface area contributed by atoms with E-state index in [0.717, 1.165) is 19.3 Å². The Kier molecular flexibility index (Phi) is 13.7. The molecule has 0 aromatic rings. The summed E-state index contributed by atoms with van der Waals surface area (Å²) in [5.74, 6) is -1.86. The van der Waals surface area contributed by atoms with Gasteiger partial charge in [-0.3, -0.25) is 9.59 Å². The first-order chi connectivity index (χ1) is 10.6. The first-order valence-electron chi connectivity index (χ1n) is 8.67. The molecule has 0 aliphatic heterocycles. The van der Waals surface area contributed by atoms with E-state index in [-0.39, 0.29) is 12.3 Å². The van der Waals surface area contributed by atoms with Gasteiger partial charge in [0.25, 0.3) is 0 Å². The molecule has 1 atom stereocenters. The van der Waals surface area contributed by atoms with E-state index in [9.17, 15) is 14.7 Å². The molecule has 0 heterocycles. The van der Waals surface area contributed by atoms with Crippen LogP contribution in [0.5, 0.6) is 0 Å². The molecule has 0 amide bonds. The quantitative estimate of drug-likeness (QED) is 0.328. The van der Waals surface area contributed by atoms with Crippen LogP contribution in [0.1, 0.15) is 84.0 Å². The molecule has 0 spiro atoms. The number of hydrogen-bond acceptors (Lipinski definition) is 2. The van der Waals surface area contributed by atoms with E-state index in [1.165, 1.54) is 32.1 Å². The molecule has 2 N–H and O–H groups in total.